The Labute approximate surface area is 198 Å². The number of para-hydroxylation sites is 1. The van der Waals surface area contributed by atoms with Gasteiger partial charge in [-0.25, -0.2) is 9.97 Å². The summed E-state index contributed by atoms with van der Waals surface area (Å²) in [6, 6.07) is 15.1. The lowest BCUT2D eigenvalue weighted by Gasteiger charge is -2.16. The minimum absolute atomic E-state index is 0.124. The molecule has 0 radical (unpaired) electrons. The minimum atomic E-state index is -0.227. The second-order valence-corrected chi connectivity index (χ2v) is 10.6. The standard InChI is InChI=1S/C25H22N4O2S2/c1-13-9-11-17(12-10-13)29-24(31)18-7-5-6-8-19(18)26-25(29)33-16(4)21-27-22(30)20-14(2)15(3)32-23(20)28-21/h5-12,16H,1-4H3,(H,27,28,30). The summed E-state index contributed by atoms with van der Waals surface area (Å²) < 4.78 is 1.64. The number of thiophene rings is 1. The van der Waals surface area contributed by atoms with E-state index < -0.39 is 0 Å². The zero-order valence-corrected chi connectivity index (χ0v) is 20.3. The summed E-state index contributed by atoms with van der Waals surface area (Å²) >= 11 is 2.93. The van der Waals surface area contributed by atoms with Gasteiger partial charge in [0.05, 0.1) is 27.2 Å². The van der Waals surface area contributed by atoms with Crippen molar-refractivity contribution in [1.82, 2.24) is 19.5 Å². The van der Waals surface area contributed by atoms with Crippen molar-refractivity contribution in [1.29, 1.82) is 0 Å². The van der Waals surface area contributed by atoms with Crippen LogP contribution in [0, 0.1) is 20.8 Å². The number of nitrogens with one attached hydrogen (secondary N) is 1. The van der Waals surface area contributed by atoms with Crippen molar-refractivity contribution in [3.63, 3.8) is 0 Å². The molecule has 0 aliphatic rings. The van der Waals surface area contributed by atoms with Gasteiger partial charge in [0.1, 0.15) is 10.7 Å². The van der Waals surface area contributed by atoms with Gasteiger partial charge in [0.15, 0.2) is 5.16 Å². The zero-order valence-electron chi connectivity index (χ0n) is 18.7. The molecule has 33 heavy (non-hydrogen) atoms. The fourth-order valence-corrected chi connectivity index (χ4v) is 5.81. The Morgan fingerprint density at radius 2 is 1.73 bits per heavy atom. The first kappa shape index (κ1) is 21.6. The van der Waals surface area contributed by atoms with Crippen LogP contribution < -0.4 is 11.1 Å². The number of benzene rings is 2. The minimum Gasteiger partial charge on any atom is -0.309 e. The molecule has 0 saturated heterocycles. The summed E-state index contributed by atoms with van der Waals surface area (Å²) in [7, 11) is 0. The predicted octanol–water partition coefficient (Wildman–Crippen LogP) is 5.46. The quantitative estimate of drug-likeness (QED) is 0.276. The molecule has 0 aliphatic heterocycles. The van der Waals surface area contributed by atoms with E-state index in [0.717, 1.165) is 26.5 Å². The number of hydrogen-bond donors (Lipinski definition) is 1. The molecule has 5 rings (SSSR count). The third-order valence-corrected chi connectivity index (χ3v) is 7.92. The van der Waals surface area contributed by atoms with Crippen LogP contribution in [-0.4, -0.2) is 19.5 Å². The molecule has 0 fully saturated rings. The topological polar surface area (TPSA) is 80.6 Å². The van der Waals surface area contributed by atoms with Crippen LogP contribution in [-0.2, 0) is 0 Å². The van der Waals surface area contributed by atoms with E-state index in [1.807, 2.05) is 70.2 Å². The lowest BCUT2D eigenvalue weighted by atomic mass is 10.2. The lowest BCUT2D eigenvalue weighted by Crippen LogP contribution is -2.22. The van der Waals surface area contributed by atoms with E-state index in [1.165, 1.54) is 23.1 Å². The Morgan fingerprint density at radius 3 is 2.48 bits per heavy atom. The van der Waals surface area contributed by atoms with Crippen molar-refractivity contribution in [3.05, 3.63) is 91.1 Å². The van der Waals surface area contributed by atoms with Crippen LogP contribution in [0.3, 0.4) is 0 Å². The third-order valence-electron chi connectivity index (χ3n) is 5.76. The van der Waals surface area contributed by atoms with Crippen LogP contribution in [0.5, 0.6) is 0 Å². The van der Waals surface area contributed by atoms with E-state index in [0.29, 0.717) is 27.3 Å². The molecule has 1 N–H and O–H groups in total. The first-order valence-electron chi connectivity index (χ1n) is 10.6. The number of aromatic amines is 1. The molecule has 1 atom stereocenters. The molecule has 1 unspecified atom stereocenters. The Bertz CT molecular complexity index is 1630. The van der Waals surface area contributed by atoms with Crippen LogP contribution >= 0.6 is 23.1 Å². The molecule has 3 aromatic heterocycles. The highest BCUT2D eigenvalue weighted by Gasteiger charge is 2.20. The largest absolute Gasteiger partial charge is 0.309 e. The molecule has 5 aromatic rings. The van der Waals surface area contributed by atoms with Gasteiger partial charge in [-0.05, 0) is 57.5 Å². The molecule has 0 spiro atoms. The van der Waals surface area contributed by atoms with E-state index in [1.54, 1.807) is 10.6 Å². The van der Waals surface area contributed by atoms with Gasteiger partial charge in [-0.1, -0.05) is 41.6 Å². The second-order valence-electron chi connectivity index (χ2n) is 8.06. The van der Waals surface area contributed by atoms with E-state index in [2.05, 4.69) is 4.98 Å². The van der Waals surface area contributed by atoms with Crippen LogP contribution in [0.15, 0.2) is 63.3 Å². The highest BCUT2D eigenvalue weighted by Crippen LogP contribution is 2.34. The molecule has 0 bridgehead atoms. The number of fused-ring (bicyclic) bond motifs is 2. The third kappa shape index (κ3) is 3.79. The zero-order chi connectivity index (χ0) is 23.3. The van der Waals surface area contributed by atoms with Crippen LogP contribution in [0.4, 0.5) is 0 Å². The van der Waals surface area contributed by atoms with Gasteiger partial charge in [-0.3, -0.25) is 14.2 Å². The maximum absolute atomic E-state index is 13.5. The molecule has 0 aliphatic carbocycles. The van der Waals surface area contributed by atoms with E-state index >= 15 is 0 Å². The van der Waals surface area contributed by atoms with Crippen LogP contribution in [0.1, 0.15) is 34.0 Å². The van der Waals surface area contributed by atoms with E-state index in [9.17, 15) is 9.59 Å². The molecule has 0 saturated carbocycles. The molecule has 8 heteroatoms. The van der Waals surface area contributed by atoms with Crippen molar-refractivity contribution in [2.45, 2.75) is 38.1 Å². The lowest BCUT2D eigenvalue weighted by molar-refractivity contribution is 0.809. The first-order valence-corrected chi connectivity index (χ1v) is 12.3. The molecule has 166 valence electrons. The van der Waals surface area contributed by atoms with Gasteiger partial charge in [0.2, 0.25) is 0 Å². The summed E-state index contributed by atoms with van der Waals surface area (Å²) in [6.07, 6.45) is 0. The van der Waals surface area contributed by atoms with Gasteiger partial charge in [-0.2, -0.15) is 0 Å². The van der Waals surface area contributed by atoms with Crippen molar-refractivity contribution in [2.24, 2.45) is 0 Å². The summed E-state index contributed by atoms with van der Waals surface area (Å²) in [6.45, 7) is 7.92. The first-order chi connectivity index (χ1) is 15.8. The number of thioether (sulfide) groups is 1. The SMILES string of the molecule is Cc1ccc(-n2c(SC(C)c3nc4sc(C)c(C)c4c(=O)[nH]3)nc3ccccc3c2=O)cc1. The maximum atomic E-state index is 13.5. The summed E-state index contributed by atoms with van der Waals surface area (Å²) in [5.74, 6) is 0.566. The summed E-state index contributed by atoms with van der Waals surface area (Å²) in [5.41, 5.74) is 3.22. The van der Waals surface area contributed by atoms with E-state index in [-0.39, 0.29) is 16.4 Å². The Kier molecular flexibility index (Phi) is 5.42. The van der Waals surface area contributed by atoms with Gasteiger partial charge >= 0.3 is 0 Å². The number of nitrogens with zero attached hydrogens (tertiary/aromatic N) is 3. The highest BCUT2D eigenvalue weighted by atomic mass is 32.2. The molecule has 3 heterocycles. The van der Waals surface area contributed by atoms with E-state index in [4.69, 9.17) is 9.97 Å². The van der Waals surface area contributed by atoms with Crippen LogP contribution in [0.2, 0.25) is 0 Å². The van der Waals surface area contributed by atoms with Gasteiger partial charge in [0.25, 0.3) is 11.1 Å². The number of H-pyrrole nitrogens is 1. The number of hydrogen-bond acceptors (Lipinski definition) is 6. The van der Waals surface area contributed by atoms with Crippen molar-refractivity contribution in [2.75, 3.05) is 0 Å². The fraction of sp³-hybridized carbons (Fsp3) is 0.200. The monoisotopic (exact) mass is 474 g/mol. The number of rotatable bonds is 4. The molecular weight excluding hydrogens is 452 g/mol. The Hall–Kier alpha value is -3.23. The summed E-state index contributed by atoms with van der Waals surface area (Å²) in [4.78, 5) is 40.6. The molecular formula is C25H22N4O2S2. The summed E-state index contributed by atoms with van der Waals surface area (Å²) in [5, 5.41) is 1.54. The average Bonchev–Trinajstić information content (AvgIpc) is 3.08. The second kappa shape index (κ2) is 8.28. The maximum Gasteiger partial charge on any atom is 0.266 e. The predicted molar refractivity (Wildman–Crippen MR) is 136 cm³/mol. The molecule has 6 nitrogen and oxygen atoms in total. The highest BCUT2D eigenvalue weighted by molar-refractivity contribution is 7.99. The van der Waals surface area contributed by atoms with Crippen LogP contribution in [0.25, 0.3) is 26.8 Å². The van der Waals surface area contributed by atoms with Crippen molar-refractivity contribution in [3.8, 4) is 5.69 Å². The van der Waals surface area contributed by atoms with Crippen molar-refractivity contribution >= 4 is 44.2 Å². The number of aryl methyl sites for hydroxylation is 3. The average molecular weight is 475 g/mol. The van der Waals surface area contributed by atoms with Crippen molar-refractivity contribution < 1.29 is 0 Å². The van der Waals surface area contributed by atoms with Gasteiger partial charge < -0.3 is 4.98 Å². The van der Waals surface area contributed by atoms with Gasteiger partial charge in [-0.15, -0.1) is 11.3 Å². The number of aromatic nitrogens is 4. The smallest absolute Gasteiger partial charge is 0.266 e. The normalized spacial score (nSPS) is 12.5. The Balaban J connectivity index is 1.65. The van der Waals surface area contributed by atoms with Gasteiger partial charge in [0, 0.05) is 4.88 Å². The molecule has 2 aromatic carbocycles. The fourth-order valence-electron chi connectivity index (χ4n) is 3.79. The molecule has 0 amide bonds. The Morgan fingerprint density at radius 1 is 1.00 bits per heavy atom.